The fourth-order valence-corrected chi connectivity index (χ4v) is 4.13. The second-order valence-corrected chi connectivity index (χ2v) is 9.81. The second-order valence-electron chi connectivity index (χ2n) is 8.90. The number of hydrogen-bond donors (Lipinski definition) is 1. The summed E-state index contributed by atoms with van der Waals surface area (Å²) in [6, 6.07) is 11.7. The van der Waals surface area contributed by atoms with Crippen LogP contribution < -0.4 is 10.1 Å². The van der Waals surface area contributed by atoms with Gasteiger partial charge >= 0.3 is 6.18 Å². The highest BCUT2D eigenvalue weighted by molar-refractivity contribution is 9.10. The molecule has 0 aliphatic heterocycles. The molecular weight excluding hydrogens is 547 g/mol. The van der Waals surface area contributed by atoms with Crippen LogP contribution in [0.5, 0.6) is 5.88 Å². The summed E-state index contributed by atoms with van der Waals surface area (Å²) in [5, 5.41) is 2.86. The highest BCUT2D eigenvalue weighted by Gasteiger charge is 2.35. The molecule has 1 aromatic heterocycles. The number of hydrogen-bond acceptors (Lipinski definition) is 3. The number of halogens is 6. The zero-order valence-electron chi connectivity index (χ0n) is 19.7. The summed E-state index contributed by atoms with van der Waals surface area (Å²) in [5.41, 5.74) is -1.02. The lowest BCUT2D eigenvalue weighted by atomic mass is 9.86. The lowest BCUT2D eigenvalue weighted by Crippen LogP contribution is -2.51. The Hall–Kier alpha value is -3.01. The first-order valence-electron chi connectivity index (χ1n) is 11.0. The first kappa shape index (κ1) is 27.6. The van der Waals surface area contributed by atoms with Crippen LogP contribution in [0.1, 0.15) is 43.4 Å². The van der Waals surface area contributed by atoms with Crippen molar-refractivity contribution >= 4 is 21.8 Å². The summed E-state index contributed by atoms with van der Waals surface area (Å²) in [6.07, 6.45) is -3.54. The Bertz CT molecular complexity index is 1180. The average molecular weight is 571 g/mol. The number of amides is 1. The van der Waals surface area contributed by atoms with Crippen LogP contribution in [0.2, 0.25) is 0 Å². The molecule has 0 aliphatic rings. The van der Waals surface area contributed by atoms with Crippen LogP contribution in [-0.4, -0.2) is 22.5 Å². The highest BCUT2D eigenvalue weighted by atomic mass is 79.9. The first-order valence-corrected chi connectivity index (χ1v) is 11.8. The topological polar surface area (TPSA) is 51.2 Å². The molecule has 0 bridgehead atoms. The van der Waals surface area contributed by atoms with Gasteiger partial charge in [0.1, 0.15) is 11.6 Å². The minimum atomic E-state index is -4.54. The molecule has 1 heterocycles. The molecule has 10 heteroatoms. The quantitative estimate of drug-likeness (QED) is 0.302. The maximum Gasteiger partial charge on any atom is 0.417 e. The number of pyridine rings is 1. The Morgan fingerprint density at radius 1 is 1.03 bits per heavy atom. The monoisotopic (exact) mass is 570 g/mol. The zero-order valence-corrected chi connectivity index (χ0v) is 21.3. The Morgan fingerprint density at radius 2 is 1.69 bits per heavy atom. The van der Waals surface area contributed by atoms with Crippen LogP contribution >= 0.6 is 15.9 Å². The van der Waals surface area contributed by atoms with E-state index in [1.807, 2.05) is 0 Å². The van der Waals surface area contributed by atoms with Crippen molar-refractivity contribution in [3.8, 4) is 5.88 Å². The number of ether oxygens (including phenoxy) is 1. The molecule has 1 amide bonds. The van der Waals surface area contributed by atoms with Crippen molar-refractivity contribution in [2.24, 2.45) is 0 Å². The van der Waals surface area contributed by atoms with Crippen molar-refractivity contribution in [1.29, 1.82) is 0 Å². The SMILES string of the molecule is CC(NC(=O)C(C)(C)Oc1ccc(C(F)(F)F)cn1)C(Cc1ccc(F)cc1)c1cc(F)cc(Br)c1. The van der Waals surface area contributed by atoms with Gasteiger partial charge in [0.05, 0.1) is 5.56 Å². The number of nitrogens with zero attached hydrogens (tertiary/aromatic N) is 1. The average Bonchev–Trinajstić information content (AvgIpc) is 2.77. The van der Waals surface area contributed by atoms with E-state index in [4.69, 9.17) is 4.74 Å². The molecule has 4 nitrogen and oxygen atoms in total. The fourth-order valence-electron chi connectivity index (χ4n) is 3.64. The standard InChI is InChI=1S/C26H24BrF5N2O2/c1-15(34-24(35)25(2,3)36-23-9-6-18(14-33-23)26(30,31)32)22(10-16-4-7-20(28)8-5-16)17-11-19(27)13-21(29)12-17/h4-9,11-15,22H,10H2,1-3H3,(H,34,35). The van der Waals surface area contributed by atoms with Crippen molar-refractivity contribution in [2.45, 2.75) is 50.9 Å². The van der Waals surface area contributed by atoms with Crippen molar-refractivity contribution in [3.63, 3.8) is 0 Å². The molecule has 0 spiro atoms. The lowest BCUT2D eigenvalue weighted by molar-refractivity contribution is -0.138. The smallest absolute Gasteiger partial charge is 0.417 e. The largest absolute Gasteiger partial charge is 0.462 e. The number of rotatable bonds is 8. The van der Waals surface area contributed by atoms with Gasteiger partial charge in [-0.25, -0.2) is 13.8 Å². The van der Waals surface area contributed by atoms with Crippen LogP contribution in [0.15, 0.2) is 65.3 Å². The summed E-state index contributed by atoms with van der Waals surface area (Å²) >= 11 is 3.29. The van der Waals surface area contributed by atoms with Gasteiger partial charge in [-0.05, 0) is 74.7 Å². The third kappa shape index (κ3) is 7.25. The minimum Gasteiger partial charge on any atom is -0.462 e. The van der Waals surface area contributed by atoms with Crippen molar-refractivity contribution in [1.82, 2.24) is 10.3 Å². The molecule has 0 radical (unpaired) electrons. The number of aromatic nitrogens is 1. The second kappa shape index (κ2) is 10.9. The highest BCUT2D eigenvalue weighted by Crippen LogP contribution is 2.31. The molecule has 2 aromatic carbocycles. The number of nitrogens with one attached hydrogen (secondary N) is 1. The van der Waals surface area contributed by atoms with Crippen LogP contribution in [0.25, 0.3) is 0 Å². The minimum absolute atomic E-state index is 0.146. The van der Waals surface area contributed by atoms with Crippen LogP contribution in [0, 0.1) is 11.6 Å². The Morgan fingerprint density at radius 3 is 2.25 bits per heavy atom. The van der Waals surface area contributed by atoms with Gasteiger partial charge in [-0.3, -0.25) is 4.79 Å². The van der Waals surface area contributed by atoms with Crippen molar-refractivity contribution in [2.75, 3.05) is 0 Å². The molecule has 1 N–H and O–H groups in total. The molecule has 2 atom stereocenters. The maximum absolute atomic E-state index is 14.2. The number of benzene rings is 2. The molecule has 0 fully saturated rings. The Kier molecular flexibility index (Phi) is 8.38. The molecule has 3 aromatic rings. The van der Waals surface area contributed by atoms with Gasteiger partial charge in [-0.1, -0.05) is 28.1 Å². The molecule has 3 rings (SSSR count). The van der Waals surface area contributed by atoms with Gasteiger partial charge in [-0.2, -0.15) is 13.2 Å². The Balaban J connectivity index is 1.79. The fraction of sp³-hybridized carbons (Fsp3) is 0.308. The van der Waals surface area contributed by atoms with E-state index in [1.165, 1.54) is 38.1 Å². The van der Waals surface area contributed by atoms with E-state index in [0.29, 0.717) is 22.7 Å². The Labute approximate surface area is 214 Å². The predicted octanol–water partition coefficient (Wildman–Crippen LogP) is 6.83. The zero-order chi connectivity index (χ0) is 26.7. The lowest BCUT2D eigenvalue weighted by Gasteiger charge is -2.30. The van der Waals surface area contributed by atoms with E-state index in [-0.39, 0.29) is 11.7 Å². The van der Waals surface area contributed by atoms with Crippen molar-refractivity contribution < 1.29 is 31.5 Å². The summed E-state index contributed by atoms with van der Waals surface area (Å²) in [7, 11) is 0. The van der Waals surface area contributed by atoms with Gasteiger partial charge in [-0.15, -0.1) is 0 Å². The van der Waals surface area contributed by atoms with Gasteiger partial charge in [0, 0.05) is 28.7 Å². The summed E-state index contributed by atoms with van der Waals surface area (Å²) in [5.74, 6) is -1.93. The van der Waals surface area contributed by atoms with Gasteiger partial charge in [0.2, 0.25) is 5.88 Å². The van der Waals surface area contributed by atoms with Crippen molar-refractivity contribution in [3.05, 3.63) is 93.6 Å². The molecule has 2 unspecified atom stereocenters. The van der Waals surface area contributed by atoms with E-state index in [2.05, 4.69) is 26.2 Å². The third-order valence-electron chi connectivity index (χ3n) is 5.61. The first-order chi connectivity index (χ1) is 16.7. The van der Waals surface area contributed by atoms with E-state index in [9.17, 15) is 26.7 Å². The predicted molar refractivity (Wildman–Crippen MR) is 128 cm³/mol. The van der Waals surface area contributed by atoms with E-state index in [1.54, 1.807) is 25.1 Å². The molecule has 0 saturated heterocycles. The molecule has 0 aliphatic carbocycles. The molecule has 0 saturated carbocycles. The summed E-state index contributed by atoms with van der Waals surface area (Å²) in [4.78, 5) is 16.8. The van der Waals surface area contributed by atoms with E-state index >= 15 is 0 Å². The molecular formula is C26H24BrF5N2O2. The van der Waals surface area contributed by atoms with E-state index in [0.717, 1.165) is 17.7 Å². The van der Waals surface area contributed by atoms with Crippen LogP contribution in [-0.2, 0) is 17.4 Å². The molecule has 36 heavy (non-hydrogen) atoms. The third-order valence-corrected chi connectivity index (χ3v) is 6.07. The summed E-state index contributed by atoms with van der Waals surface area (Å²) in [6.45, 7) is 4.67. The van der Waals surface area contributed by atoms with Crippen LogP contribution in [0.4, 0.5) is 22.0 Å². The number of carbonyl (C=O) groups excluding carboxylic acids is 1. The van der Waals surface area contributed by atoms with Crippen LogP contribution in [0.3, 0.4) is 0 Å². The van der Waals surface area contributed by atoms with Gasteiger partial charge in [0.15, 0.2) is 5.60 Å². The molecule has 192 valence electrons. The number of alkyl halides is 3. The summed E-state index contributed by atoms with van der Waals surface area (Å²) < 4.78 is 72.0. The maximum atomic E-state index is 14.2. The normalized spacial score (nSPS) is 13.7. The van der Waals surface area contributed by atoms with E-state index < -0.39 is 41.0 Å². The van der Waals surface area contributed by atoms with Gasteiger partial charge < -0.3 is 10.1 Å². The number of carbonyl (C=O) groups is 1. The van der Waals surface area contributed by atoms with Gasteiger partial charge in [0.25, 0.3) is 5.91 Å².